The van der Waals surface area contributed by atoms with E-state index < -0.39 is 11.7 Å². The predicted octanol–water partition coefficient (Wildman–Crippen LogP) is 4.45. The summed E-state index contributed by atoms with van der Waals surface area (Å²) in [6.45, 7) is 1.62. The summed E-state index contributed by atoms with van der Waals surface area (Å²) in [6, 6.07) is 13.7. The van der Waals surface area contributed by atoms with Crippen LogP contribution in [0.3, 0.4) is 0 Å². The molecule has 3 aromatic rings. The highest BCUT2D eigenvalue weighted by atomic mass is 19.1. The molecule has 2 amide bonds. The van der Waals surface area contributed by atoms with Crippen LogP contribution >= 0.6 is 0 Å². The molecule has 2 N–H and O–H groups in total. The maximum Gasteiger partial charge on any atom is 0.320 e. The van der Waals surface area contributed by atoms with E-state index in [-0.39, 0.29) is 35.7 Å². The summed E-state index contributed by atoms with van der Waals surface area (Å²) in [6.07, 6.45) is 4.74. The number of rotatable bonds is 7. The van der Waals surface area contributed by atoms with Crippen LogP contribution in [0.1, 0.15) is 54.3 Å². The average Bonchev–Trinajstić information content (AvgIpc) is 3.68. The van der Waals surface area contributed by atoms with Gasteiger partial charge in [0.1, 0.15) is 24.8 Å². The molecule has 1 aliphatic carbocycles. The third-order valence-electron chi connectivity index (χ3n) is 7.82. The van der Waals surface area contributed by atoms with Crippen molar-refractivity contribution in [1.82, 2.24) is 15.1 Å². The number of para-hydroxylation sites is 1. The van der Waals surface area contributed by atoms with E-state index in [1.165, 1.54) is 17.7 Å². The van der Waals surface area contributed by atoms with E-state index in [2.05, 4.69) is 20.8 Å². The van der Waals surface area contributed by atoms with Gasteiger partial charge in [0.25, 0.3) is 0 Å². The Hall–Kier alpha value is -3.83. The molecule has 39 heavy (non-hydrogen) atoms. The molecule has 204 valence electrons. The van der Waals surface area contributed by atoms with Gasteiger partial charge in [-0.25, -0.2) is 4.39 Å². The van der Waals surface area contributed by atoms with Gasteiger partial charge in [-0.05, 0) is 67.3 Å². The molecule has 0 unspecified atom stereocenters. The van der Waals surface area contributed by atoms with E-state index in [0.29, 0.717) is 43.8 Å². The number of aromatic nitrogens is 2. The molecule has 3 heterocycles. The lowest BCUT2D eigenvalue weighted by Gasteiger charge is -2.29. The second kappa shape index (κ2) is 11.1. The van der Waals surface area contributed by atoms with Gasteiger partial charge in [-0.15, -0.1) is 5.10 Å². The highest BCUT2D eigenvalue weighted by Gasteiger charge is 2.40. The molecule has 10 nitrogen and oxygen atoms in total. The van der Waals surface area contributed by atoms with E-state index in [1.807, 2.05) is 29.2 Å². The first kappa shape index (κ1) is 25.4. The number of hydrogen-bond donors (Lipinski definition) is 2. The van der Waals surface area contributed by atoms with Crippen LogP contribution in [0.2, 0.25) is 0 Å². The largest absolute Gasteiger partial charge is 0.399 e. The minimum Gasteiger partial charge on any atom is -0.399 e. The van der Waals surface area contributed by atoms with Gasteiger partial charge < -0.3 is 29.4 Å². The Balaban J connectivity index is 0.968. The van der Waals surface area contributed by atoms with Crippen molar-refractivity contribution in [2.45, 2.75) is 50.2 Å². The van der Waals surface area contributed by atoms with Gasteiger partial charge in [0.05, 0.1) is 5.69 Å². The van der Waals surface area contributed by atoms with E-state index in [4.69, 9.17) is 13.9 Å². The molecule has 3 fully saturated rings. The summed E-state index contributed by atoms with van der Waals surface area (Å²) in [5.74, 6) is -0.223. The normalized spacial score (nSPS) is 24.4. The average molecular weight is 536 g/mol. The number of anilines is 3. The number of halogens is 1. The first-order valence-electron chi connectivity index (χ1n) is 13.3. The summed E-state index contributed by atoms with van der Waals surface area (Å²) >= 11 is 0. The zero-order valence-corrected chi connectivity index (χ0v) is 21.3. The zero-order chi connectivity index (χ0) is 26.8. The Morgan fingerprint density at radius 1 is 0.949 bits per heavy atom. The molecule has 2 saturated heterocycles. The monoisotopic (exact) mass is 535 g/mol. The lowest BCUT2D eigenvalue weighted by atomic mass is 9.77. The van der Waals surface area contributed by atoms with Gasteiger partial charge >= 0.3 is 17.8 Å². The SMILES string of the molecule is O=C(Nc1ccc([C@H]2CC[C@H](CC(=O)N3C[C@@H]4OCO[C@@H]4C3)CC2)cc1)c1nnc(Nc2ccccc2F)o1. The fourth-order valence-corrected chi connectivity index (χ4v) is 5.62. The smallest absolute Gasteiger partial charge is 0.320 e. The number of nitrogens with one attached hydrogen (secondary N) is 2. The van der Waals surface area contributed by atoms with E-state index in [0.717, 1.165) is 25.7 Å². The van der Waals surface area contributed by atoms with Crippen molar-refractivity contribution in [3.8, 4) is 0 Å². The Bertz CT molecular complexity index is 1310. The van der Waals surface area contributed by atoms with Crippen molar-refractivity contribution in [2.24, 2.45) is 5.92 Å². The summed E-state index contributed by atoms with van der Waals surface area (Å²) in [4.78, 5) is 27.2. The Morgan fingerprint density at radius 3 is 2.38 bits per heavy atom. The van der Waals surface area contributed by atoms with Crippen LogP contribution in [0.4, 0.5) is 21.8 Å². The maximum atomic E-state index is 13.8. The number of benzene rings is 2. The minimum absolute atomic E-state index is 0.0320. The molecule has 2 aliphatic heterocycles. The van der Waals surface area contributed by atoms with Crippen LogP contribution < -0.4 is 10.6 Å². The predicted molar refractivity (Wildman–Crippen MR) is 139 cm³/mol. The van der Waals surface area contributed by atoms with Crippen molar-refractivity contribution in [3.63, 3.8) is 0 Å². The van der Waals surface area contributed by atoms with Crippen LogP contribution in [0, 0.1) is 11.7 Å². The first-order valence-corrected chi connectivity index (χ1v) is 13.3. The van der Waals surface area contributed by atoms with Crippen molar-refractivity contribution in [3.05, 3.63) is 65.8 Å². The number of nitrogens with zero attached hydrogens (tertiary/aromatic N) is 3. The fraction of sp³-hybridized carbons (Fsp3) is 0.429. The van der Waals surface area contributed by atoms with Gasteiger partial charge in [0.2, 0.25) is 5.91 Å². The zero-order valence-electron chi connectivity index (χ0n) is 21.3. The number of carbonyl (C=O) groups is 2. The van der Waals surface area contributed by atoms with Crippen molar-refractivity contribution >= 4 is 29.2 Å². The van der Waals surface area contributed by atoms with Gasteiger partial charge in [-0.3, -0.25) is 9.59 Å². The molecule has 1 saturated carbocycles. The van der Waals surface area contributed by atoms with Crippen LogP contribution in [0.5, 0.6) is 0 Å². The molecular weight excluding hydrogens is 505 g/mol. The van der Waals surface area contributed by atoms with Gasteiger partial charge in [-0.2, -0.15) is 0 Å². The minimum atomic E-state index is -0.554. The molecule has 6 rings (SSSR count). The number of ether oxygens (including phenoxy) is 2. The number of likely N-dealkylation sites (tertiary alicyclic amines) is 1. The second-order valence-corrected chi connectivity index (χ2v) is 10.3. The Morgan fingerprint density at radius 2 is 1.67 bits per heavy atom. The van der Waals surface area contributed by atoms with Crippen LogP contribution in [-0.2, 0) is 14.3 Å². The maximum absolute atomic E-state index is 13.8. The van der Waals surface area contributed by atoms with Crippen LogP contribution in [-0.4, -0.2) is 59.0 Å². The quantitative estimate of drug-likeness (QED) is 0.456. The van der Waals surface area contributed by atoms with E-state index in [9.17, 15) is 14.0 Å². The summed E-state index contributed by atoms with van der Waals surface area (Å²) < 4.78 is 30.2. The molecule has 0 bridgehead atoms. The second-order valence-electron chi connectivity index (χ2n) is 10.3. The molecule has 1 aromatic heterocycles. The van der Waals surface area contributed by atoms with Crippen LogP contribution in [0.25, 0.3) is 0 Å². The summed E-state index contributed by atoms with van der Waals surface area (Å²) in [7, 11) is 0. The van der Waals surface area contributed by atoms with E-state index >= 15 is 0 Å². The third-order valence-corrected chi connectivity index (χ3v) is 7.82. The van der Waals surface area contributed by atoms with Gasteiger partial charge in [-0.1, -0.05) is 29.4 Å². The molecule has 2 atom stereocenters. The summed E-state index contributed by atoms with van der Waals surface area (Å²) in [5.41, 5.74) is 1.99. The van der Waals surface area contributed by atoms with Crippen molar-refractivity contribution < 1.29 is 27.9 Å². The topological polar surface area (TPSA) is 119 Å². The number of amides is 2. The highest BCUT2D eigenvalue weighted by Crippen LogP contribution is 2.38. The fourth-order valence-electron chi connectivity index (χ4n) is 5.62. The standard InChI is InChI=1S/C28H30FN5O5/c29-21-3-1-2-4-22(21)31-28-33-32-27(39-28)26(36)30-20-11-9-19(10-12-20)18-7-5-17(6-8-18)13-25(35)34-14-23-24(15-34)38-16-37-23/h1-4,9-12,17-18,23-24H,5-8,13-16H2,(H,30,36)(H,31,33)/t17-,18-,23-,24+. The molecule has 11 heteroatoms. The summed E-state index contributed by atoms with van der Waals surface area (Å²) in [5, 5.41) is 12.9. The number of carbonyl (C=O) groups excluding carboxylic acids is 2. The molecular formula is C28H30FN5O5. The number of hydrogen-bond acceptors (Lipinski definition) is 8. The molecule has 0 radical (unpaired) electrons. The van der Waals surface area contributed by atoms with Crippen LogP contribution in [0.15, 0.2) is 52.9 Å². The van der Waals surface area contributed by atoms with E-state index in [1.54, 1.807) is 12.1 Å². The Kier molecular flexibility index (Phi) is 7.25. The lowest BCUT2D eigenvalue weighted by molar-refractivity contribution is -0.133. The molecule has 3 aliphatic rings. The molecule has 0 spiro atoms. The highest BCUT2D eigenvalue weighted by molar-refractivity contribution is 6.00. The first-order chi connectivity index (χ1) is 19.0. The molecule has 2 aromatic carbocycles. The van der Waals surface area contributed by atoms with Crippen molar-refractivity contribution in [1.29, 1.82) is 0 Å². The number of fused-ring (bicyclic) bond motifs is 1. The lowest BCUT2D eigenvalue weighted by Crippen LogP contribution is -2.32. The van der Waals surface area contributed by atoms with Crippen molar-refractivity contribution in [2.75, 3.05) is 30.5 Å². The van der Waals surface area contributed by atoms with Gasteiger partial charge in [0.15, 0.2) is 0 Å². The van der Waals surface area contributed by atoms with Gasteiger partial charge in [0, 0.05) is 25.2 Å². The Labute approximate surface area is 224 Å². The third kappa shape index (κ3) is 5.79.